The van der Waals surface area contributed by atoms with Gasteiger partial charge in [0.15, 0.2) is 0 Å². The Morgan fingerprint density at radius 3 is 2.74 bits per heavy atom. The molecule has 0 saturated heterocycles. The van der Waals surface area contributed by atoms with Gasteiger partial charge in [0.2, 0.25) is 5.91 Å². The Morgan fingerprint density at radius 2 is 1.97 bits per heavy atom. The normalized spacial score (nSPS) is 13.0. The lowest BCUT2D eigenvalue weighted by molar-refractivity contribution is -0.115. The molecule has 31 heavy (non-hydrogen) atoms. The molecule has 1 aromatic heterocycles. The molecule has 1 N–H and O–H groups in total. The second-order valence-corrected chi connectivity index (χ2v) is 9.49. The summed E-state index contributed by atoms with van der Waals surface area (Å²) in [6.07, 6.45) is 4.08. The van der Waals surface area contributed by atoms with E-state index >= 15 is 0 Å². The van der Waals surface area contributed by atoms with Crippen molar-refractivity contribution in [2.45, 2.75) is 39.0 Å². The van der Waals surface area contributed by atoms with Crippen molar-refractivity contribution in [3.8, 4) is 5.75 Å². The number of hydrogen-bond donors (Lipinski definition) is 1. The number of rotatable bonds is 6. The van der Waals surface area contributed by atoms with E-state index in [2.05, 4.69) is 21.2 Å². The Balaban J connectivity index is 1.66. The first-order chi connectivity index (χ1) is 15.0. The second kappa shape index (κ2) is 9.40. The molecule has 3 aromatic rings. The fourth-order valence-electron chi connectivity index (χ4n) is 4.12. The molecule has 0 saturated carbocycles. The first-order valence-corrected chi connectivity index (χ1v) is 12.0. The SMILES string of the molecule is CCOC(=O)c1c(NC(=O)Cc2c(OC)ccc3cc(Br)ccc23)sc2c1CCCC2. The molecule has 2 aromatic carbocycles. The van der Waals surface area contributed by atoms with Crippen molar-refractivity contribution in [3.63, 3.8) is 0 Å². The molecule has 0 fully saturated rings. The largest absolute Gasteiger partial charge is 0.496 e. The summed E-state index contributed by atoms with van der Waals surface area (Å²) in [5.41, 5.74) is 2.39. The van der Waals surface area contributed by atoms with Crippen LogP contribution in [-0.4, -0.2) is 25.6 Å². The molecule has 162 valence electrons. The highest BCUT2D eigenvalue weighted by Crippen LogP contribution is 2.39. The lowest BCUT2D eigenvalue weighted by Crippen LogP contribution is -2.17. The Morgan fingerprint density at radius 1 is 1.16 bits per heavy atom. The fourth-order valence-corrected chi connectivity index (χ4v) is 5.80. The van der Waals surface area contributed by atoms with E-state index in [1.165, 1.54) is 16.2 Å². The van der Waals surface area contributed by atoms with Crippen molar-refractivity contribution in [2.75, 3.05) is 19.0 Å². The highest BCUT2D eigenvalue weighted by atomic mass is 79.9. The van der Waals surface area contributed by atoms with Crippen LogP contribution < -0.4 is 10.1 Å². The van der Waals surface area contributed by atoms with Crippen LogP contribution in [0.1, 0.15) is 46.1 Å². The van der Waals surface area contributed by atoms with E-state index in [0.717, 1.165) is 52.1 Å². The van der Waals surface area contributed by atoms with Gasteiger partial charge in [0, 0.05) is 14.9 Å². The van der Waals surface area contributed by atoms with Crippen molar-refractivity contribution < 1.29 is 19.1 Å². The number of carbonyl (C=O) groups is 2. The van der Waals surface area contributed by atoms with Gasteiger partial charge in [-0.05, 0) is 67.1 Å². The van der Waals surface area contributed by atoms with Gasteiger partial charge in [-0.15, -0.1) is 11.3 Å². The third-order valence-electron chi connectivity index (χ3n) is 5.51. The predicted molar refractivity (Wildman–Crippen MR) is 127 cm³/mol. The molecule has 7 heteroatoms. The maximum atomic E-state index is 13.1. The molecule has 1 heterocycles. The van der Waals surface area contributed by atoms with Crippen LogP contribution in [0, 0.1) is 0 Å². The number of halogens is 1. The Bertz CT molecular complexity index is 1150. The number of esters is 1. The second-order valence-electron chi connectivity index (χ2n) is 7.47. The summed E-state index contributed by atoms with van der Waals surface area (Å²) in [6, 6.07) is 9.81. The smallest absolute Gasteiger partial charge is 0.341 e. The first-order valence-electron chi connectivity index (χ1n) is 10.4. The van der Waals surface area contributed by atoms with Crippen molar-refractivity contribution in [3.05, 3.63) is 56.4 Å². The monoisotopic (exact) mass is 501 g/mol. The first kappa shape index (κ1) is 21.8. The number of ether oxygens (including phenoxy) is 2. The molecule has 0 atom stereocenters. The number of methoxy groups -OCH3 is 1. The lowest BCUT2D eigenvalue weighted by atomic mass is 9.95. The van der Waals surface area contributed by atoms with E-state index in [1.807, 2.05) is 30.3 Å². The molecular formula is C24H24BrNO4S. The van der Waals surface area contributed by atoms with E-state index < -0.39 is 0 Å². The summed E-state index contributed by atoms with van der Waals surface area (Å²) in [7, 11) is 1.60. The van der Waals surface area contributed by atoms with Crippen LogP contribution in [0.3, 0.4) is 0 Å². The molecule has 0 bridgehead atoms. The number of anilines is 1. The fraction of sp³-hybridized carbons (Fsp3) is 0.333. The number of carbonyl (C=O) groups excluding carboxylic acids is 2. The zero-order valence-corrected chi connectivity index (χ0v) is 20.0. The minimum Gasteiger partial charge on any atom is -0.496 e. The number of aryl methyl sites for hydroxylation is 1. The molecule has 4 rings (SSSR count). The van der Waals surface area contributed by atoms with E-state index in [4.69, 9.17) is 9.47 Å². The molecule has 0 unspecified atom stereocenters. The summed E-state index contributed by atoms with van der Waals surface area (Å²) in [5.74, 6) is 0.128. The standard InChI is InChI=1S/C24H24BrNO4S/c1-3-30-24(28)22-17-6-4-5-7-20(17)31-23(22)26-21(27)13-18-16-10-9-15(25)12-14(16)8-11-19(18)29-2/h8-12H,3-7,13H2,1-2H3,(H,26,27). The topological polar surface area (TPSA) is 64.6 Å². The average molecular weight is 502 g/mol. The minimum absolute atomic E-state index is 0.146. The molecule has 1 aliphatic carbocycles. The average Bonchev–Trinajstić information content (AvgIpc) is 3.11. The number of fused-ring (bicyclic) bond motifs is 2. The molecule has 0 radical (unpaired) electrons. The van der Waals surface area contributed by atoms with Crippen LogP contribution >= 0.6 is 27.3 Å². The van der Waals surface area contributed by atoms with Crippen LogP contribution in [0.4, 0.5) is 5.00 Å². The van der Waals surface area contributed by atoms with Crippen LogP contribution in [-0.2, 0) is 28.8 Å². The summed E-state index contributed by atoms with van der Waals surface area (Å²) < 4.78 is 11.8. The van der Waals surface area contributed by atoms with E-state index in [0.29, 0.717) is 22.9 Å². The van der Waals surface area contributed by atoms with Crippen molar-refractivity contribution in [1.29, 1.82) is 0 Å². The molecule has 1 aliphatic rings. The van der Waals surface area contributed by atoms with Crippen LogP contribution in [0.15, 0.2) is 34.8 Å². The zero-order valence-electron chi connectivity index (χ0n) is 17.5. The predicted octanol–water partition coefficient (Wildman–Crippen LogP) is 5.91. The van der Waals surface area contributed by atoms with Gasteiger partial charge < -0.3 is 14.8 Å². The Hall–Kier alpha value is -2.38. The number of thiophene rings is 1. The summed E-state index contributed by atoms with van der Waals surface area (Å²) >= 11 is 5.00. The zero-order chi connectivity index (χ0) is 22.0. The highest BCUT2D eigenvalue weighted by molar-refractivity contribution is 9.10. The highest BCUT2D eigenvalue weighted by Gasteiger charge is 2.27. The van der Waals surface area contributed by atoms with Crippen molar-refractivity contribution in [1.82, 2.24) is 0 Å². The third-order valence-corrected chi connectivity index (χ3v) is 7.21. The number of hydrogen-bond acceptors (Lipinski definition) is 5. The number of benzene rings is 2. The van der Waals surface area contributed by atoms with Gasteiger partial charge in [-0.25, -0.2) is 4.79 Å². The quantitative estimate of drug-likeness (QED) is 0.426. The van der Waals surface area contributed by atoms with Gasteiger partial charge in [-0.2, -0.15) is 0 Å². The lowest BCUT2D eigenvalue weighted by Gasteiger charge is -2.13. The Kier molecular flexibility index (Phi) is 6.62. The molecule has 1 amide bonds. The minimum atomic E-state index is -0.357. The number of nitrogens with one attached hydrogen (secondary N) is 1. The number of amides is 1. The maximum absolute atomic E-state index is 13.1. The van der Waals surface area contributed by atoms with Gasteiger partial charge >= 0.3 is 5.97 Å². The van der Waals surface area contributed by atoms with E-state index in [9.17, 15) is 9.59 Å². The van der Waals surface area contributed by atoms with Gasteiger partial charge in [0.1, 0.15) is 10.8 Å². The summed E-state index contributed by atoms with van der Waals surface area (Å²) in [6.45, 7) is 2.10. The van der Waals surface area contributed by atoms with Crippen LogP contribution in [0.2, 0.25) is 0 Å². The molecule has 0 spiro atoms. The molecular weight excluding hydrogens is 478 g/mol. The van der Waals surface area contributed by atoms with E-state index in [1.54, 1.807) is 14.0 Å². The van der Waals surface area contributed by atoms with Crippen LogP contribution in [0.5, 0.6) is 5.75 Å². The van der Waals surface area contributed by atoms with Gasteiger partial charge in [-0.3, -0.25) is 4.79 Å². The van der Waals surface area contributed by atoms with Crippen LogP contribution in [0.25, 0.3) is 10.8 Å². The molecule has 0 aliphatic heterocycles. The molecule has 5 nitrogen and oxygen atoms in total. The van der Waals surface area contributed by atoms with Gasteiger partial charge in [0.05, 0.1) is 25.7 Å². The summed E-state index contributed by atoms with van der Waals surface area (Å²) in [5, 5.41) is 5.58. The van der Waals surface area contributed by atoms with Crippen molar-refractivity contribution in [2.24, 2.45) is 0 Å². The maximum Gasteiger partial charge on any atom is 0.341 e. The van der Waals surface area contributed by atoms with Gasteiger partial charge in [-0.1, -0.05) is 28.1 Å². The third kappa shape index (κ3) is 4.48. The van der Waals surface area contributed by atoms with Crippen molar-refractivity contribution >= 4 is 54.9 Å². The Labute approximate surface area is 193 Å². The summed E-state index contributed by atoms with van der Waals surface area (Å²) in [4.78, 5) is 26.9. The van der Waals surface area contributed by atoms with Gasteiger partial charge in [0.25, 0.3) is 0 Å². The van der Waals surface area contributed by atoms with E-state index in [-0.39, 0.29) is 18.3 Å².